The lowest BCUT2D eigenvalue weighted by molar-refractivity contribution is -0.118. The summed E-state index contributed by atoms with van der Waals surface area (Å²) < 4.78 is 5.56. The molecule has 0 aromatic heterocycles. The van der Waals surface area contributed by atoms with E-state index >= 15 is 0 Å². The number of carbonyl (C=O) groups is 2. The smallest absolute Gasteiger partial charge is 0.338 e. The van der Waals surface area contributed by atoms with E-state index in [4.69, 9.17) is 4.74 Å². The molecule has 1 N–H and O–H groups in total. The minimum atomic E-state index is -0.347. The molecule has 2 saturated carbocycles. The van der Waals surface area contributed by atoms with Crippen LogP contribution in [0.5, 0.6) is 0 Å². The number of hydrogen-bond acceptors (Lipinski definition) is 4. The first kappa shape index (κ1) is 13.3. The zero-order valence-electron chi connectivity index (χ0n) is 11.2. The molecule has 0 aliphatic heterocycles. The molecule has 0 saturated heterocycles. The van der Waals surface area contributed by atoms with Crippen LogP contribution >= 0.6 is 0 Å². The van der Waals surface area contributed by atoms with E-state index in [2.05, 4.69) is 0 Å². The van der Waals surface area contributed by atoms with Gasteiger partial charge in [0.25, 0.3) is 0 Å². The fraction of sp³-hybridized carbons (Fsp3) is 0.500. The first-order valence-electron chi connectivity index (χ1n) is 7.07. The number of ketones is 1. The monoisotopic (exact) mass is 274 g/mol. The van der Waals surface area contributed by atoms with Gasteiger partial charge in [0.15, 0.2) is 0 Å². The van der Waals surface area contributed by atoms with Gasteiger partial charge in [0.2, 0.25) is 0 Å². The quantitative estimate of drug-likeness (QED) is 0.854. The van der Waals surface area contributed by atoms with Gasteiger partial charge in [-0.3, -0.25) is 4.79 Å². The van der Waals surface area contributed by atoms with E-state index in [1.54, 1.807) is 24.3 Å². The van der Waals surface area contributed by atoms with E-state index in [9.17, 15) is 14.7 Å². The number of fused-ring (bicyclic) bond motifs is 1. The van der Waals surface area contributed by atoms with Crippen molar-refractivity contribution < 1.29 is 19.4 Å². The molecular formula is C16H18O4. The van der Waals surface area contributed by atoms with E-state index in [0.29, 0.717) is 24.8 Å². The number of carbonyl (C=O) groups excluding carboxylic acids is 2. The Labute approximate surface area is 117 Å². The molecule has 0 radical (unpaired) electrons. The lowest BCUT2D eigenvalue weighted by Gasteiger charge is -2.21. The average molecular weight is 274 g/mol. The molecule has 1 aromatic rings. The van der Waals surface area contributed by atoms with Crippen LogP contribution in [0, 0.1) is 17.8 Å². The van der Waals surface area contributed by atoms with Crippen molar-refractivity contribution in [1.29, 1.82) is 0 Å². The van der Waals surface area contributed by atoms with Crippen LogP contribution in [-0.2, 0) is 9.53 Å². The molecule has 3 rings (SSSR count). The standard InChI is InChI=1S/C16H18O4/c17-9-14-13-8-12(18)6-11(13)7-15(14)20-16(19)10-4-2-1-3-5-10/h1-5,11,13-15,17H,6-9H2/t11-,13-,14+,15+/m0/s1. The predicted molar refractivity (Wildman–Crippen MR) is 72.1 cm³/mol. The first-order chi connectivity index (χ1) is 9.69. The fourth-order valence-electron chi connectivity index (χ4n) is 3.63. The molecule has 4 atom stereocenters. The summed E-state index contributed by atoms with van der Waals surface area (Å²) in [6, 6.07) is 8.87. The van der Waals surface area contributed by atoms with Gasteiger partial charge in [0.1, 0.15) is 11.9 Å². The predicted octanol–water partition coefficient (Wildman–Crippen LogP) is 1.82. The van der Waals surface area contributed by atoms with Gasteiger partial charge in [-0.05, 0) is 30.4 Å². The Bertz CT molecular complexity index is 510. The molecular weight excluding hydrogens is 256 g/mol. The highest BCUT2D eigenvalue weighted by molar-refractivity contribution is 5.89. The van der Waals surface area contributed by atoms with Crippen LogP contribution in [-0.4, -0.2) is 29.6 Å². The van der Waals surface area contributed by atoms with Crippen LogP contribution in [0.1, 0.15) is 29.6 Å². The topological polar surface area (TPSA) is 63.6 Å². The summed E-state index contributed by atoms with van der Waals surface area (Å²) in [4.78, 5) is 23.6. The van der Waals surface area contributed by atoms with Gasteiger partial charge in [-0.25, -0.2) is 4.79 Å². The zero-order chi connectivity index (χ0) is 14.1. The molecule has 0 heterocycles. The number of Topliss-reactive ketones (excluding diaryl/α,β-unsaturated/α-hetero) is 1. The molecule has 0 unspecified atom stereocenters. The zero-order valence-corrected chi connectivity index (χ0v) is 11.2. The third-order valence-electron chi connectivity index (χ3n) is 4.60. The third kappa shape index (κ3) is 2.36. The maximum atomic E-state index is 12.1. The Balaban J connectivity index is 1.69. The van der Waals surface area contributed by atoms with Crippen LogP contribution in [0.2, 0.25) is 0 Å². The second-order valence-corrected chi connectivity index (χ2v) is 5.76. The molecule has 0 amide bonds. The van der Waals surface area contributed by atoms with Crippen LogP contribution < -0.4 is 0 Å². The van der Waals surface area contributed by atoms with E-state index in [1.165, 1.54) is 0 Å². The summed E-state index contributed by atoms with van der Waals surface area (Å²) in [6.07, 6.45) is 1.52. The maximum Gasteiger partial charge on any atom is 0.338 e. The van der Waals surface area contributed by atoms with E-state index in [-0.39, 0.29) is 42.2 Å². The van der Waals surface area contributed by atoms with E-state index < -0.39 is 0 Å². The first-order valence-corrected chi connectivity index (χ1v) is 7.07. The summed E-state index contributed by atoms with van der Waals surface area (Å²) in [6.45, 7) is -0.0266. The lowest BCUT2D eigenvalue weighted by atomic mass is 9.92. The Morgan fingerprint density at radius 1 is 1.25 bits per heavy atom. The van der Waals surface area contributed by atoms with E-state index in [1.807, 2.05) is 6.07 Å². The molecule has 106 valence electrons. The number of aliphatic hydroxyl groups excluding tert-OH is 1. The number of hydrogen-bond donors (Lipinski definition) is 1. The van der Waals surface area contributed by atoms with Crippen molar-refractivity contribution in [2.75, 3.05) is 6.61 Å². The Morgan fingerprint density at radius 2 is 2.00 bits per heavy atom. The highest BCUT2D eigenvalue weighted by Gasteiger charge is 2.49. The third-order valence-corrected chi connectivity index (χ3v) is 4.60. The van der Waals surface area contributed by atoms with Gasteiger partial charge in [-0.2, -0.15) is 0 Å². The minimum absolute atomic E-state index is 0.0266. The van der Waals surface area contributed by atoms with Crippen molar-refractivity contribution in [3.8, 4) is 0 Å². The SMILES string of the molecule is O=C1C[C@H]2C[C@@H](OC(=O)c3ccccc3)[C@H](CO)[C@H]2C1. The molecule has 20 heavy (non-hydrogen) atoms. The minimum Gasteiger partial charge on any atom is -0.458 e. The number of ether oxygens (including phenoxy) is 1. The van der Waals surface area contributed by atoms with Crippen molar-refractivity contribution in [1.82, 2.24) is 0 Å². The summed E-state index contributed by atoms with van der Waals surface area (Å²) in [5.74, 6) is 0.278. The number of benzene rings is 1. The van der Waals surface area contributed by atoms with Crippen LogP contribution in [0.3, 0.4) is 0 Å². The van der Waals surface area contributed by atoms with Crippen LogP contribution in [0.25, 0.3) is 0 Å². The van der Waals surface area contributed by atoms with Crippen molar-refractivity contribution in [3.05, 3.63) is 35.9 Å². The van der Waals surface area contributed by atoms with Crippen molar-refractivity contribution in [3.63, 3.8) is 0 Å². The number of rotatable bonds is 3. The van der Waals surface area contributed by atoms with Gasteiger partial charge < -0.3 is 9.84 Å². The average Bonchev–Trinajstić information content (AvgIpc) is 2.95. The summed E-state index contributed by atoms with van der Waals surface area (Å²) >= 11 is 0. The Hall–Kier alpha value is -1.68. The van der Waals surface area contributed by atoms with Gasteiger partial charge in [-0.1, -0.05) is 18.2 Å². The van der Waals surface area contributed by atoms with Crippen LogP contribution in [0.15, 0.2) is 30.3 Å². The van der Waals surface area contributed by atoms with Crippen LogP contribution in [0.4, 0.5) is 0 Å². The van der Waals surface area contributed by atoms with Crippen molar-refractivity contribution in [2.24, 2.45) is 17.8 Å². The highest BCUT2D eigenvalue weighted by atomic mass is 16.5. The molecule has 1 aromatic carbocycles. The lowest BCUT2D eigenvalue weighted by Crippen LogP contribution is -2.28. The normalized spacial score (nSPS) is 32.1. The summed E-state index contributed by atoms with van der Waals surface area (Å²) in [5.41, 5.74) is 0.525. The Morgan fingerprint density at radius 3 is 2.70 bits per heavy atom. The summed E-state index contributed by atoms with van der Waals surface area (Å²) in [5, 5.41) is 9.55. The largest absolute Gasteiger partial charge is 0.458 e. The molecule has 4 heteroatoms. The number of esters is 1. The molecule has 0 spiro atoms. The molecule has 2 aliphatic rings. The van der Waals surface area contributed by atoms with Gasteiger partial charge in [-0.15, -0.1) is 0 Å². The van der Waals surface area contributed by atoms with E-state index in [0.717, 1.165) is 0 Å². The molecule has 4 nitrogen and oxygen atoms in total. The fourth-order valence-corrected chi connectivity index (χ4v) is 3.63. The van der Waals surface area contributed by atoms with Crippen molar-refractivity contribution in [2.45, 2.75) is 25.4 Å². The van der Waals surface area contributed by atoms with Crippen molar-refractivity contribution >= 4 is 11.8 Å². The summed E-state index contributed by atoms with van der Waals surface area (Å²) in [7, 11) is 0. The molecule has 0 bridgehead atoms. The molecule has 2 fully saturated rings. The van der Waals surface area contributed by atoms with Gasteiger partial charge in [0, 0.05) is 25.4 Å². The second kappa shape index (κ2) is 5.37. The Kier molecular flexibility index (Phi) is 3.57. The van der Waals surface area contributed by atoms with Gasteiger partial charge >= 0.3 is 5.97 Å². The maximum absolute atomic E-state index is 12.1. The number of aliphatic hydroxyl groups is 1. The van der Waals surface area contributed by atoms with Gasteiger partial charge in [0.05, 0.1) is 5.56 Å². The highest BCUT2D eigenvalue weighted by Crippen LogP contribution is 2.47. The molecule has 2 aliphatic carbocycles. The second-order valence-electron chi connectivity index (χ2n) is 5.76.